The molecule has 3 nitrogen and oxygen atoms in total. The number of hydrogen-bond acceptors (Lipinski definition) is 3. The van der Waals surface area contributed by atoms with E-state index in [1.807, 2.05) is 25.1 Å². The quantitative estimate of drug-likeness (QED) is 0.856. The Labute approximate surface area is 94.4 Å². The molecule has 1 aliphatic rings. The lowest BCUT2D eigenvalue weighted by molar-refractivity contribution is -0.00579. The molecule has 0 aliphatic carbocycles. The summed E-state index contributed by atoms with van der Waals surface area (Å²) in [5.41, 5.74) is 2.24. The standard InChI is InChI=1S/C13H15NO2/c1-9-12(6-14-10-7-15-8-10)11-4-2-3-5-13(11)16-9/h2-5,10,14H,6-8H2,1H3. The Balaban J connectivity index is 1.86. The van der Waals surface area contributed by atoms with Crippen LogP contribution in [0.25, 0.3) is 11.0 Å². The van der Waals surface area contributed by atoms with Crippen LogP contribution in [-0.4, -0.2) is 19.3 Å². The van der Waals surface area contributed by atoms with Gasteiger partial charge in [0.2, 0.25) is 0 Å². The second-order valence-corrected chi connectivity index (χ2v) is 4.25. The first-order chi connectivity index (χ1) is 7.84. The van der Waals surface area contributed by atoms with Gasteiger partial charge in [-0.05, 0) is 13.0 Å². The molecule has 84 valence electrons. The van der Waals surface area contributed by atoms with Crippen molar-refractivity contribution in [3.63, 3.8) is 0 Å². The molecule has 1 aliphatic heterocycles. The van der Waals surface area contributed by atoms with Crippen molar-refractivity contribution in [3.8, 4) is 0 Å². The molecule has 16 heavy (non-hydrogen) atoms. The predicted octanol–water partition coefficient (Wildman–Crippen LogP) is 2.23. The summed E-state index contributed by atoms with van der Waals surface area (Å²) in [5.74, 6) is 1.01. The number of benzene rings is 1. The third kappa shape index (κ3) is 1.62. The van der Waals surface area contributed by atoms with E-state index in [1.54, 1.807) is 0 Å². The van der Waals surface area contributed by atoms with Gasteiger partial charge in [0.15, 0.2) is 0 Å². The van der Waals surface area contributed by atoms with Crippen molar-refractivity contribution in [1.82, 2.24) is 5.32 Å². The number of ether oxygens (including phenoxy) is 1. The first-order valence-corrected chi connectivity index (χ1v) is 5.63. The molecule has 1 aromatic carbocycles. The van der Waals surface area contributed by atoms with E-state index in [0.29, 0.717) is 6.04 Å². The fraction of sp³-hybridized carbons (Fsp3) is 0.385. The lowest BCUT2D eigenvalue weighted by Gasteiger charge is -2.26. The number of aryl methyl sites for hydroxylation is 1. The largest absolute Gasteiger partial charge is 0.461 e. The van der Waals surface area contributed by atoms with Gasteiger partial charge in [0.25, 0.3) is 0 Å². The number of nitrogens with one attached hydrogen (secondary N) is 1. The van der Waals surface area contributed by atoms with E-state index in [-0.39, 0.29) is 0 Å². The zero-order valence-corrected chi connectivity index (χ0v) is 9.32. The van der Waals surface area contributed by atoms with Crippen LogP contribution in [0.15, 0.2) is 28.7 Å². The summed E-state index contributed by atoms with van der Waals surface area (Å²) < 4.78 is 10.8. The molecule has 0 amide bonds. The van der Waals surface area contributed by atoms with Crippen LogP contribution in [0.2, 0.25) is 0 Å². The third-order valence-electron chi connectivity index (χ3n) is 3.11. The normalized spacial score (nSPS) is 16.6. The van der Waals surface area contributed by atoms with Gasteiger partial charge in [-0.2, -0.15) is 0 Å². The maximum atomic E-state index is 5.71. The van der Waals surface area contributed by atoms with Gasteiger partial charge < -0.3 is 14.5 Å². The molecule has 2 heterocycles. The molecular formula is C13H15NO2. The minimum atomic E-state index is 0.507. The maximum Gasteiger partial charge on any atom is 0.134 e. The van der Waals surface area contributed by atoms with Crippen LogP contribution in [0.5, 0.6) is 0 Å². The van der Waals surface area contributed by atoms with Gasteiger partial charge in [0.1, 0.15) is 11.3 Å². The average Bonchev–Trinajstić information content (AvgIpc) is 2.53. The van der Waals surface area contributed by atoms with E-state index in [1.165, 1.54) is 10.9 Å². The summed E-state index contributed by atoms with van der Waals surface area (Å²) in [6, 6.07) is 8.68. The molecule has 0 spiro atoms. The van der Waals surface area contributed by atoms with E-state index in [0.717, 1.165) is 31.1 Å². The highest BCUT2D eigenvalue weighted by molar-refractivity contribution is 5.82. The van der Waals surface area contributed by atoms with Crippen LogP contribution >= 0.6 is 0 Å². The van der Waals surface area contributed by atoms with Crippen molar-refractivity contribution in [2.24, 2.45) is 0 Å². The number of rotatable bonds is 3. The Bertz CT molecular complexity index is 500. The molecule has 0 saturated carbocycles. The van der Waals surface area contributed by atoms with Crippen molar-refractivity contribution in [3.05, 3.63) is 35.6 Å². The SMILES string of the molecule is Cc1oc2ccccc2c1CNC1COC1. The molecule has 1 N–H and O–H groups in total. The van der Waals surface area contributed by atoms with Crippen molar-refractivity contribution in [2.45, 2.75) is 19.5 Å². The minimum Gasteiger partial charge on any atom is -0.461 e. The lowest BCUT2D eigenvalue weighted by atomic mass is 10.1. The van der Waals surface area contributed by atoms with Crippen LogP contribution in [0.4, 0.5) is 0 Å². The average molecular weight is 217 g/mol. The summed E-state index contributed by atoms with van der Waals surface area (Å²) >= 11 is 0. The zero-order chi connectivity index (χ0) is 11.0. The van der Waals surface area contributed by atoms with Crippen LogP contribution in [0.1, 0.15) is 11.3 Å². The molecule has 3 heteroatoms. The first-order valence-electron chi connectivity index (χ1n) is 5.63. The van der Waals surface area contributed by atoms with Gasteiger partial charge in [-0.3, -0.25) is 0 Å². The summed E-state index contributed by atoms with van der Waals surface area (Å²) in [6.07, 6.45) is 0. The van der Waals surface area contributed by atoms with Gasteiger partial charge in [-0.1, -0.05) is 18.2 Å². The number of para-hydroxylation sites is 1. The summed E-state index contributed by atoms with van der Waals surface area (Å²) in [6.45, 7) is 4.54. The van der Waals surface area contributed by atoms with Gasteiger partial charge in [0.05, 0.1) is 19.3 Å². The molecular weight excluding hydrogens is 202 g/mol. The molecule has 0 radical (unpaired) electrons. The summed E-state index contributed by atoms with van der Waals surface area (Å²) in [4.78, 5) is 0. The van der Waals surface area contributed by atoms with Crippen molar-refractivity contribution < 1.29 is 9.15 Å². The van der Waals surface area contributed by atoms with E-state index < -0.39 is 0 Å². The van der Waals surface area contributed by atoms with Gasteiger partial charge in [-0.25, -0.2) is 0 Å². The fourth-order valence-corrected chi connectivity index (χ4v) is 2.04. The van der Waals surface area contributed by atoms with Crippen molar-refractivity contribution in [2.75, 3.05) is 13.2 Å². The van der Waals surface area contributed by atoms with Crippen LogP contribution in [0.3, 0.4) is 0 Å². The molecule has 0 atom stereocenters. The van der Waals surface area contributed by atoms with E-state index in [4.69, 9.17) is 9.15 Å². The van der Waals surface area contributed by atoms with Crippen molar-refractivity contribution >= 4 is 11.0 Å². The molecule has 0 bridgehead atoms. The lowest BCUT2D eigenvalue weighted by Crippen LogP contribution is -2.45. The summed E-state index contributed by atoms with van der Waals surface area (Å²) in [7, 11) is 0. The van der Waals surface area contributed by atoms with E-state index >= 15 is 0 Å². The zero-order valence-electron chi connectivity index (χ0n) is 9.32. The molecule has 1 aromatic heterocycles. The van der Waals surface area contributed by atoms with Gasteiger partial charge >= 0.3 is 0 Å². The van der Waals surface area contributed by atoms with Crippen LogP contribution in [-0.2, 0) is 11.3 Å². The smallest absolute Gasteiger partial charge is 0.134 e. The predicted molar refractivity (Wildman–Crippen MR) is 62.4 cm³/mol. The van der Waals surface area contributed by atoms with E-state index in [9.17, 15) is 0 Å². The van der Waals surface area contributed by atoms with Crippen molar-refractivity contribution in [1.29, 1.82) is 0 Å². The Morgan fingerprint density at radius 2 is 2.12 bits per heavy atom. The topological polar surface area (TPSA) is 34.4 Å². The van der Waals surface area contributed by atoms with Crippen LogP contribution < -0.4 is 5.32 Å². The van der Waals surface area contributed by atoms with Gasteiger partial charge in [-0.15, -0.1) is 0 Å². The molecule has 3 rings (SSSR count). The van der Waals surface area contributed by atoms with Gasteiger partial charge in [0, 0.05) is 17.5 Å². The highest BCUT2D eigenvalue weighted by Gasteiger charge is 2.18. The third-order valence-corrected chi connectivity index (χ3v) is 3.11. The number of fused-ring (bicyclic) bond motifs is 1. The Morgan fingerprint density at radius 1 is 1.31 bits per heavy atom. The number of furan rings is 1. The fourth-order valence-electron chi connectivity index (χ4n) is 2.04. The minimum absolute atomic E-state index is 0.507. The van der Waals surface area contributed by atoms with Crippen LogP contribution in [0, 0.1) is 6.92 Å². The number of hydrogen-bond donors (Lipinski definition) is 1. The Morgan fingerprint density at radius 3 is 2.88 bits per heavy atom. The maximum absolute atomic E-state index is 5.71. The molecule has 1 fully saturated rings. The second-order valence-electron chi connectivity index (χ2n) is 4.25. The second kappa shape index (κ2) is 3.92. The van der Waals surface area contributed by atoms with E-state index in [2.05, 4.69) is 11.4 Å². The summed E-state index contributed by atoms with van der Waals surface area (Å²) in [5, 5.41) is 4.68. The molecule has 0 unspecified atom stereocenters. The highest BCUT2D eigenvalue weighted by Crippen LogP contribution is 2.25. The Hall–Kier alpha value is -1.32. The highest BCUT2D eigenvalue weighted by atomic mass is 16.5. The monoisotopic (exact) mass is 217 g/mol. The first kappa shape index (κ1) is 9.87. The molecule has 1 saturated heterocycles. The Kier molecular flexibility index (Phi) is 2.42. The molecule has 2 aromatic rings.